The number of anilines is 4. The zero-order valence-electron chi connectivity index (χ0n) is 16.3. The van der Waals surface area contributed by atoms with Gasteiger partial charge in [-0.05, 0) is 31.2 Å². The maximum atomic E-state index is 11.5. The maximum absolute atomic E-state index is 11.5. The molecule has 0 unspecified atom stereocenters. The molecule has 1 N–H and O–H groups in total. The number of carbonyl (C=O) groups excluding carboxylic acids is 1. The van der Waals surface area contributed by atoms with Gasteiger partial charge < -0.3 is 24.6 Å². The molecule has 29 heavy (non-hydrogen) atoms. The number of ether oxygens (including phenoxy) is 2. The van der Waals surface area contributed by atoms with Crippen LogP contribution in [0, 0.1) is 0 Å². The second-order valence-corrected chi connectivity index (χ2v) is 6.72. The van der Waals surface area contributed by atoms with E-state index < -0.39 is 0 Å². The van der Waals surface area contributed by atoms with Gasteiger partial charge in [-0.2, -0.15) is 15.0 Å². The second kappa shape index (κ2) is 9.82. The number of nitrogens with zero attached hydrogens (tertiary/aromatic N) is 5. The number of hydrogen-bond donors (Lipinski definition) is 1. The highest BCUT2D eigenvalue weighted by atomic mass is 35.5. The number of Topliss-reactive ketones (excluding diaryl/α,β-unsaturated/α-hetero) is 1. The van der Waals surface area contributed by atoms with E-state index in [1.165, 1.54) is 0 Å². The van der Waals surface area contributed by atoms with Gasteiger partial charge in [0.2, 0.25) is 17.8 Å². The second-order valence-electron chi connectivity index (χ2n) is 6.72. The Morgan fingerprint density at radius 3 is 1.79 bits per heavy atom. The summed E-state index contributed by atoms with van der Waals surface area (Å²) in [4.78, 5) is 29.6. The van der Waals surface area contributed by atoms with Gasteiger partial charge in [0.25, 0.3) is 0 Å². The molecule has 0 amide bonds. The number of aromatic nitrogens is 3. The van der Waals surface area contributed by atoms with Crippen molar-refractivity contribution in [1.29, 1.82) is 0 Å². The van der Waals surface area contributed by atoms with Gasteiger partial charge in [-0.1, -0.05) is 0 Å². The largest absolute Gasteiger partial charge is 0.378 e. The molecule has 0 spiro atoms. The fourth-order valence-corrected chi connectivity index (χ4v) is 3.14. The lowest BCUT2D eigenvalue weighted by Gasteiger charge is -2.30. The van der Waals surface area contributed by atoms with Crippen molar-refractivity contribution in [2.75, 3.05) is 67.7 Å². The highest BCUT2D eigenvalue weighted by Gasteiger charge is 2.20. The number of ketones is 1. The minimum atomic E-state index is 0. The highest BCUT2D eigenvalue weighted by Crippen LogP contribution is 2.21. The van der Waals surface area contributed by atoms with Crippen molar-refractivity contribution in [3.05, 3.63) is 29.8 Å². The molecule has 3 heterocycles. The van der Waals surface area contributed by atoms with Crippen molar-refractivity contribution in [2.24, 2.45) is 0 Å². The van der Waals surface area contributed by atoms with E-state index in [2.05, 4.69) is 25.1 Å². The Labute approximate surface area is 175 Å². The third-order valence-corrected chi connectivity index (χ3v) is 4.75. The van der Waals surface area contributed by atoms with E-state index in [0.717, 1.165) is 31.9 Å². The lowest BCUT2D eigenvalue weighted by Crippen LogP contribution is -2.40. The molecule has 2 saturated heterocycles. The summed E-state index contributed by atoms with van der Waals surface area (Å²) in [5.74, 6) is 1.80. The molecule has 2 fully saturated rings. The van der Waals surface area contributed by atoms with Crippen molar-refractivity contribution >= 4 is 41.7 Å². The van der Waals surface area contributed by atoms with Crippen LogP contribution in [-0.4, -0.2) is 73.3 Å². The van der Waals surface area contributed by atoms with E-state index in [1.54, 1.807) is 19.1 Å². The minimum absolute atomic E-state index is 0. The van der Waals surface area contributed by atoms with Crippen LogP contribution in [0.5, 0.6) is 0 Å². The van der Waals surface area contributed by atoms with Crippen LogP contribution in [0.1, 0.15) is 17.3 Å². The molecule has 10 heteroatoms. The molecule has 156 valence electrons. The summed E-state index contributed by atoms with van der Waals surface area (Å²) in [5, 5.41) is 3.24. The molecule has 0 saturated carbocycles. The van der Waals surface area contributed by atoms with E-state index >= 15 is 0 Å². The topological polar surface area (TPSA) is 92.7 Å². The van der Waals surface area contributed by atoms with Crippen molar-refractivity contribution < 1.29 is 14.3 Å². The molecule has 9 nitrogen and oxygen atoms in total. The van der Waals surface area contributed by atoms with Crippen LogP contribution in [0.3, 0.4) is 0 Å². The van der Waals surface area contributed by atoms with Gasteiger partial charge in [-0.3, -0.25) is 4.79 Å². The monoisotopic (exact) mass is 420 g/mol. The third kappa shape index (κ3) is 5.31. The van der Waals surface area contributed by atoms with Crippen LogP contribution in [0.4, 0.5) is 23.5 Å². The van der Waals surface area contributed by atoms with Gasteiger partial charge in [0, 0.05) is 37.4 Å². The van der Waals surface area contributed by atoms with Crippen molar-refractivity contribution in [3.8, 4) is 0 Å². The Morgan fingerprint density at radius 2 is 1.34 bits per heavy atom. The van der Waals surface area contributed by atoms with Crippen LogP contribution in [0.15, 0.2) is 24.3 Å². The standard InChI is InChI=1S/C19H24N6O3.ClH/c1-14(26)15-2-4-16(5-3-15)20-17-21-18(24-6-10-27-11-7-24)23-19(22-17)25-8-12-28-13-9-25;/h2-5H,6-13H2,1H3,(H,20,21,22,23);1H. The lowest BCUT2D eigenvalue weighted by molar-refractivity contribution is 0.101. The van der Waals surface area contributed by atoms with E-state index in [0.29, 0.717) is 49.8 Å². The number of morpholine rings is 2. The summed E-state index contributed by atoms with van der Waals surface area (Å²) in [5.41, 5.74) is 1.49. The van der Waals surface area contributed by atoms with Crippen LogP contribution >= 0.6 is 12.4 Å². The van der Waals surface area contributed by atoms with Crippen LogP contribution in [0.2, 0.25) is 0 Å². The molecule has 0 atom stereocenters. The van der Waals surface area contributed by atoms with Crippen molar-refractivity contribution in [2.45, 2.75) is 6.92 Å². The Bertz CT molecular complexity index is 787. The molecular formula is C19H25ClN6O3. The first-order valence-electron chi connectivity index (χ1n) is 9.48. The molecule has 0 aliphatic carbocycles. The molecule has 4 rings (SSSR count). The number of halogens is 1. The van der Waals surface area contributed by atoms with Gasteiger partial charge in [-0.25, -0.2) is 0 Å². The zero-order chi connectivity index (χ0) is 19.3. The van der Waals surface area contributed by atoms with Gasteiger partial charge in [0.05, 0.1) is 26.4 Å². The molecule has 1 aromatic heterocycles. The highest BCUT2D eigenvalue weighted by molar-refractivity contribution is 5.94. The van der Waals surface area contributed by atoms with Crippen LogP contribution in [0.25, 0.3) is 0 Å². The Hall–Kier alpha value is -2.49. The number of rotatable bonds is 5. The predicted octanol–water partition coefficient (Wildman–Crippen LogP) is 1.91. The fourth-order valence-electron chi connectivity index (χ4n) is 3.14. The summed E-state index contributed by atoms with van der Waals surface area (Å²) >= 11 is 0. The van der Waals surface area contributed by atoms with Gasteiger partial charge in [0.15, 0.2) is 5.78 Å². The normalized spacial score (nSPS) is 16.9. The van der Waals surface area contributed by atoms with Crippen LogP contribution < -0.4 is 15.1 Å². The summed E-state index contributed by atoms with van der Waals surface area (Å²) < 4.78 is 10.9. The third-order valence-electron chi connectivity index (χ3n) is 4.75. The maximum Gasteiger partial charge on any atom is 0.233 e. The Balaban J connectivity index is 0.00000240. The average Bonchev–Trinajstić information content (AvgIpc) is 2.75. The molecular weight excluding hydrogens is 396 g/mol. The first-order chi connectivity index (χ1) is 13.7. The molecule has 2 aliphatic rings. The number of benzene rings is 1. The Kier molecular flexibility index (Phi) is 7.18. The lowest BCUT2D eigenvalue weighted by atomic mass is 10.1. The van der Waals surface area contributed by atoms with Gasteiger partial charge >= 0.3 is 0 Å². The van der Waals surface area contributed by atoms with Crippen molar-refractivity contribution in [3.63, 3.8) is 0 Å². The van der Waals surface area contributed by atoms with Gasteiger partial charge in [0.1, 0.15) is 0 Å². The smallest absolute Gasteiger partial charge is 0.233 e. The van der Waals surface area contributed by atoms with E-state index in [-0.39, 0.29) is 18.2 Å². The van der Waals surface area contributed by atoms with Crippen LogP contribution in [-0.2, 0) is 9.47 Å². The minimum Gasteiger partial charge on any atom is -0.378 e. The predicted molar refractivity (Wildman–Crippen MR) is 113 cm³/mol. The molecule has 0 radical (unpaired) electrons. The van der Waals surface area contributed by atoms with E-state index in [1.807, 2.05) is 12.1 Å². The van der Waals surface area contributed by atoms with E-state index in [4.69, 9.17) is 14.5 Å². The quantitative estimate of drug-likeness (QED) is 0.728. The molecule has 1 aromatic carbocycles. The molecule has 2 aromatic rings. The summed E-state index contributed by atoms with van der Waals surface area (Å²) in [6.45, 7) is 7.19. The SMILES string of the molecule is CC(=O)c1ccc(Nc2nc(N3CCOCC3)nc(N3CCOCC3)n2)cc1.Cl. The van der Waals surface area contributed by atoms with Gasteiger partial charge in [-0.15, -0.1) is 12.4 Å². The van der Waals surface area contributed by atoms with Crippen molar-refractivity contribution in [1.82, 2.24) is 15.0 Å². The number of nitrogens with one attached hydrogen (secondary N) is 1. The Morgan fingerprint density at radius 1 is 0.862 bits per heavy atom. The number of hydrogen-bond acceptors (Lipinski definition) is 9. The summed E-state index contributed by atoms with van der Waals surface area (Å²) in [6, 6.07) is 7.28. The molecule has 2 aliphatic heterocycles. The summed E-state index contributed by atoms with van der Waals surface area (Å²) in [6.07, 6.45) is 0. The summed E-state index contributed by atoms with van der Waals surface area (Å²) in [7, 11) is 0. The first kappa shape index (κ1) is 21.2. The molecule has 0 bridgehead atoms. The van der Waals surface area contributed by atoms with E-state index in [9.17, 15) is 4.79 Å². The zero-order valence-corrected chi connectivity index (χ0v) is 17.2. The average molecular weight is 421 g/mol. The number of carbonyl (C=O) groups is 1. The fraction of sp³-hybridized carbons (Fsp3) is 0.474. The first-order valence-corrected chi connectivity index (χ1v) is 9.48.